The van der Waals surface area contributed by atoms with Crippen LogP contribution in [0.4, 0.5) is 0 Å². The van der Waals surface area contributed by atoms with Crippen molar-refractivity contribution in [3.8, 4) is 5.75 Å². The number of nitrogens with one attached hydrogen (secondary N) is 2. The van der Waals surface area contributed by atoms with Crippen molar-refractivity contribution in [1.29, 1.82) is 0 Å². The van der Waals surface area contributed by atoms with Gasteiger partial charge in [-0.2, -0.15) is 0 Å². The standard InChI is InChI=1S/C17H16ClN3O4/c18-13-4-5-14-11(8-13)7-12(10-25-14)17(24)20-19-15(22)9-21-6-2-1-3-16(21)23/h1-6,8,12H,7,9-10H2,(H,19,22)(H,20,24)/t12-/m0/s1. The fourth-order valence-electron chi connectivity index (χ4n) is 2.55. The van der Waals surface area contributed by atoms with Crippen LogP contribution in [-0.2, 0) is 22.6 Å². The van der Waals surface area contributed by atoms with E-state index in [-0.39, 0.29) is 24.6 Å². The lowest BCUT2D eigenvalue weighted by molar-refractivity contribution is -0.132. The van der Waals surface area contributed by atoms with Crippen molar-refractivity contribution in [1.82, 2.24) is 15.4 Å². The van der Waals surface area contributed by atoms with Gasteiger partial charge in [0, 0.05) is 17.3 Å². The molecule has 8 heteroatoms. The Morgan fingerprint density at radius 3 is 2.88 bits per heavy atom. The summed E-state index contributed by atoms with van der Waals surface area (Å²) in [5.74, 6) is -0.590. The van der Waals surface area contributed by atoms with Crippen molar-refractivity contribution < 1.29 is 14.3 Å². The fourth-order valence-corrected chi connectivity index (χ4v) is 2.75. The van der Waals surface area contributed by atoms with Crippen LogP contribution < -0.4 is 21.1 Å². The van der Waals surface area contributed by atoms with E-state index >= 15 is 0 Å². The number of ether oxygens (including phenoxy) is 1. The molecule has 0 fully saturated rings. The van der Waals surface area contributed by atoms with Gasteiger partial charge in [-0.1, -0.05) is 17.7 Å². The summed E-state index contributed by atoms with van der Waals surface area (Å²) in [6.45, 7) is 0.0358. The third-order valence-electron chi connectivity index (χ3n) is 3.84. The molecule has 0 radical (unpaired) electrons. The van der Waals surface area contributed by atoms with E-state index in [2.05, 4.69) is 10.9 Å². The maximum Gasteiger partial charge on any atom is 0.258 e. The predicted molar refractivity (Wildman–Crippen MR) is 91.1 cm³/mol. The number of carbonyl (C=O) groups excluding carboxylic acids is 2. The van der Waals surface area contributed by atoms with E-state index < -0.39 is 11.8 Å². The Hall–Kier alpha value is -2.80. The van der Waals surface area contributed by atoms with Crippen LogP contribution in [0.25, 0.3) is 0 Å². The van der Waals surface area contributed by atoms with Crippen molar-refractivity contribution in [2.24, 2.45) is 5.92 Å². The summed E-state index contributed by atoms with van der Waals surface area (Å²) in [5, 5.41) is 0.574. The van der Waals surface area contributed by atoms with Gasteiger partial charge in [-0.15, -0.1) is 0 Å². The molecule has 2 heterocycles. The van der Waals surface area contributed by atoms with E-state index in [0.29, 0.717) is 17.2 Å². The normalized spacial score (nSPS) is 15.6. The van der Waals surface area contributed by atoms with Gasteiger partial charge < -0.3 is 9.30 Å². The number of rotatable bonds is 3. The second-order valence-corrected chi connectivity index (χ2v) is 6.10. The molecular weight excluding hydrogens is 346 g/mol. The van der Waals surface area contributed by atoms with Crippen molar-refractivity contribution >= 4 is 23.4 Å². The first-order valence-electron chi connectivity index (χ1n) is 7.68. The number of carbonyl (C=O) groups is 2. The molecule has 0 saturated heterocycles. The van der Waals surface area contributed by atoms with Gasteiger partial charge in [0.1, 0.15) is 18.9 Å². The number of fused-ring (bicyclic) bond motifs is 1. The number of halogens is 1. The van der Waals surface area contributed by atoms with Crippen molar-refractivity contribution in [3.05, 3.63) is 63.5 Å². The Balaban J connectivity index is 1.54. The molecule has 130 valence electrons. The van der Waals surface area contributed by atoms with Crippen LogP contribution in [0.3, 0.4) is 0 Å². The topological polar surface area (TPSA) is 89.4 Å². The van der Waals surface area contributed by atoms with Gasteiger partial charge >= 0.3 is 0 Å². The Labute approximate surface area is 148 Å². The molecule has 0 bridgehead atoms. The number of aromatic nitrogens is 1. The maximum atomic E-state index is 12.2. The zero-order valence-electron chi connectivity index (χ0n) is 13.2. The molecule has 25 heavy (non-hydrogen) atoms. The van der Waals surface area contributed by atoms with Crippen LogP contribution in [0.15, 0.2) is 47.4 Å². The largest absolute Gasteiger partial charge is 0.492 e. The summed E-state index contributed by atoms with van der Waals surface area (Å²) in [7, 11) is 0. The first kappa shape index (κ1) is 17.0. The number of hydrogen-bond donors (Lipinski definition) is 2. The SMILES string of the molecule is O=C(Cn1ccccc1=O)NNC(=O)[C@@H]1COc2ccc(Cl)cc2C1. The van der Waals surface area contributed by atoms with Crippen LogP contribution in [0, 0.1) is 5.92 Å². The van der Waals surface area contributed by atoms with Crippen molar-refractivity contribution in [2.75, 3.05) is 6.61 Å². The minimum atomic E-state index is -0.498. The maximum absolute atomic E-state index is 12.2. The van der Waals surface area contributed by atoms with Crippen LogP contribution >= 0.6 is 11.6 Å². The molecule has 3 rings (SSSR count). The number of nitrogens with zero attached hydrogens (tertiary/aromatic N) is 1. The highest BCUT2D eigenvalue weighted by atomic mass is 35.5. The highest BCUT2D eigenvalue weighted by molar-refractivity contribution is 6.30. The van der Waals surface area contributed by atoms with Gasteiger partial charge in [0.2, 0.25) is 5.91 Å². The molecule has 2 aromatic rings. The molecular formula is C17H16ClN3O4. The minimum Gasteiger partial charge on any atom is -0.492 e. The molecule has 7 nitrogen and oxygen atoms in total. The van der Waals surface area contributed by atoms with Gasteiger partial charge in [-0.3, -0.25) is 25.2 Å². The van der Waals surface area contributed by atoms with E-state index in [4.69, 9.17) is 16.3 Å². The monoisotopic (exact) mass is 361 g/mol. The second kappa shape index (κ2) is 7.40. The first-order valence-corrected chi connectivity index (χ1v) is 8.06. The lowest BCUT2D eigenvalue weighted by Gasteiger charge is -2.24. The predicted octanol–water partition coefficient (Wildman–Crippen LogP) is 0.900. The summed E-state index contributed by atoms with van der Waals surface area (Å²) in [4.78, 5) is 35.6. The molecule has 1 atom stereocenters. The Kier molecular flexibility index (Phi) is 5.04. The molecule has 2 N–H and O–H groups in total. The number of hydrogen-bond acceptors (Lipinski definition) is 4. The first-order chi connectivity index (χ1) is 12.0. The third kappa shape index (κ3) is 4.19. The van der Waals surface area contributed by atoms with Crippen LogP contribution in [0.2, 0.25) is 5.02 Å². The second-order valence-electron chi connectivity index (χ2n) is 5.67. The van der Waals surface area contributed by atoms with Gasteiger partial charge in [0.05, 0.1) is 5.92 Å². The molecule has 1 aliphatic heterocycles. The zero-order valence-corrected chi connectivity index (χ0v) is 14.0. The van der Waals surface area contributed by atoms with Crippen molar-refractivity contribution in [3.63, 3.8) is 0 Å². The fraction of sp³-hybridized carbons (Fsp3) is 0.235. The zero-order chi connectivity index (χ0) is 17.8. The smallest absolute Gasteiger partial charge is 0.258 e. The number of pyridine rings is 1. The average molecular weight is 362 g/mol. The Morgan fingerprint density at radius 2 is 2.08 bits per heavy atom. The van der Waals surface area contributed by atoms with Crippen LogP contribution in [0.5, 0.6) is 5.75 Å². The molecule has 0 unspecified atom stereocenters. The average Bonchev–Trinajstić information content (AvgIpc) is 2.61. The highest BCUT2D eigenvalue weighted by Gasteiger charge is 2.26. The molecule has 0 saturated carbocycles. The molecule has 1 aromatic carbocycles. The molecule has 2 amide bonds. The van der Waals surface area contributed by atoms with Gasteiger partial charge in [-0.05, 0) is 36.2 Å². The van der Waals surface area contributed by atoms with Gasteiger partial charge in [0.25, 0.3) is 11.5 Å². The number of amides is 2. The molecule has 0 aliphatic carbocycles. The van der Waals surface area contributed by atoms with Crippen molar-refractivity contribution in [2.45, 2.75) is 13.0 Å². The summed E-state index contributed by atoms with van der Waals surface area (Å²) < 4.78 is 6.79. The molecule has 1 aromatic heterocycles. The van der Waals surface area contributed by atoms with E-state index in [1.54, 1.807) is 30.3 Å². The molecule has 1 aliphatic rings. The Morgan fingerprint density at radius 1 is 1.24 bits per heavy atom. The quantitative estimate of drug-likeness (QED) is 0.795. The third-order valence-corrected chi connectivity index (χ3v) is 4.07. The number of hydrazine groups is 1. The Bertz CT molecular complexity index is 865. The number of benzene rings is 1. The van der Waals surface area contributed by atoms with Crippen LogP contribution in [0.1, 0.15) is 5.56 Å². The van der Waals surface area contributed by atoms with E-state index in [1.807, 2.05) is 0 Å². The lowest BCUT2D eigenvalue weighted by atomic mass is 9.96. The summed E-state index contributed by atoms with van der Waals surface area (Å²) >= 11 is 5.96. The van der Waals surface area contributed by atoms with E-state index in [1.165, 1.54) is 16.8 Å². The molecule has 0 spiro atoms. The summed E-state index contributed by atoms with van der Waals surface area (Å²) in [6, 6.07) is 9.85. The highest BCUT2D eigenvalue weighted by Crippen LogP contribution is 2.29. The van der Waals surface area contributed by atoms with Crippen LogP contribution in [-0.4, -0.2) is 23.0 Å². The van der Waals surface area contributed by atoms with E-state index in [0.717, 1.165) is 5.56 Å². The summed E-state index contributed by atoms with van der Waals surface area (Å²) in [6.07, 6.45) is 1.97. The minimum absolute atomic E-state index is 0.181. The lowest BCUT2D eigenvalue weighted by Crippen LogP contribution is -2.48. The van der Waals surface area contributed by atoms with E-state index in [9.17, 15) is 14.4 Å². The summed E-state index contributed by atoms with van der Waals surface area (Å²) in [5.41, 5.74) is 5.24. The van der Waals surface area contributed by atoms with Gasteiger partial charge in [-0.25, -0.2) is 0 Å². The van der Waals surface area contributed by atoms with Gasteiger partial charge in [0.15, 0.2) is 0 Å².